The van der Waals surface area contributed by atoms with Crippen LogP contribution in [-0.4, -0.2) is 19.7 Å². The SMILES string of the molecule is COC(=O)COCc1ccc(CN)cc1. The predicted octanol–water partition coefficient (Wildman–Crippen LogP) is 0.835. The van der Waals surface area contributed by atoms with Gasteiger partial charge in [0, 0.05) is 6.54 Å². The molecule has 0 heterocycles. The lowest BCUT2D eigenvalue weighted by Crippen LogP contribution is -2.10. The van der Waals surface area contributed by atoms with Crippen molar-refractivity contribution < 1.29 is 14.3 Å². The molecule has 1 aromatic carbocycles. The molecule has 15 heavy (non-hydrogen) atoms. The molecule has 4 heteroatoms. The summed E-state index contributed by atoms with van der Waals surface area (Å²) in [4.78, 5) is 10.7. The molecule has 4 nitrogen and oxygen atoms in total. The van der Waals surface area contributed by atoms with E-state index < -0.39 is 0 Å². The average molecular weight is 209 g/mol. The van der Waals surface area contributed by atoms with Crippen LogP contribution in [0.4, 0.5) is 0 Å². The molecule has 0 saturated carbocycles. The fourth-order valence-electron chi connectivity index (χ4n) is 1.08. The molecular weight excluding hydrogens is 194 g/mol. The van der Waals surface area contributed by atoms with E-state index in [0.29, 0.717) is 13.2 Å². The van der Waals surface area contributed by atoms with Gasteiger partial charge in [-0.25, -0.2) is 4.79 Å². The van der Waals surface area contributed by atoms with Gasteiger partial charge in [0.2, 0.25) is 0 Å². The third-order valence-electron chi connectivity index (χ3n) is 1.97. The average Bonchev–Trinajstić information content (AvgIpc) is 2.29. The lowest BCUT2D eigenvalue weighted by atomic mass is 10.1. The molecule has 1 aromatic rings. The Hall–Kier alpha value is -1.39. The molecular formula is C11H15NO3. The number of methoxy groups -OCH3 is 1. The van der Waals surface area contributed by atoms with E-state index in [1.807, 2.05) is 24.3 Å². The van der Waals surface area contributed by atoms with E-state index in [4.69, 9.17) is 10.5 Å². The molecule has 0 unspecified atom stereocenters. The van der Waals surface area contributed by atoms with Gasteiger partial charge in [0.15, 0.2) is 0 Å². The molecule has 0 atom stereocenters. The first-order valence-corrected chi connectivity index (χ1v) is 4.68. The molecule has 0 aromatic heterocycles. The van der Waals surface area contributed by atoms with E-state index in [1.165, 1.54) is 7.11 Å². The summed E-state index contributed by atoms with van der Waals surface area (Å²) in [6.45, 7) is 0.915. The minimum atomic E-state index is -0.367. The van der Waals surface area contributed by atoms with Gasteiger partial charge in [-0.2, -0.15) is 0 Å². The summed E-state index contributed by atoms with van der Waals surface area (Å²) in [6, 6.07) is 7.74. The number of rotatable bonds is 5. The van der Waals surface area contributed by atoms with Crippen LogP contribution in [-0.2, 0) is 27.4 Å². The van der Waals surface area contributed by atoms with Crippen LogP contribution in [0, 0.1) is 0 Å². The largest absolute Gasteiger partial charge is 0.467 e. The number of benzene rings is 1. The summed E-state index contributed by atoms with van der Waals surface area (Å²) in [6.07, 6.45) is 0. The Kier molecular flexibility index (Phi) is 4.80. The van der Waals surface area contributed by atoms with Crippen LogP contribution in [0.15, 0.2) is 24.3 Å². The fraction of sp³-hybridized carbons (Fsp3) is 0.364. The van der Waals surface area contributed by atoms with Crippen molar-refractivity contribution in [2.75, 3.05) is 13.7 Å². The lowest BCUT2D eigenvalue weighted by Gasteiger charge is -2.03. The standard InChI is InChI=1S/C11H15NO3/c1-14-11(13)8-15-7-10-4-2-9(6-12)3-5-10/h2-5H,6-8,12H2,1H3. The second-order valence-corrected chi connectivity index (χ2v) is 3.09. The van der Waals surface area contributed by atoms with Crippen molar-refractivity contribution in [2.24, 2.45) is 5.73 Å². The van der Waals surface area contributed by atoms with Crippen LogP contribution in [0.25, 0.3) is 0 Å². The molecule has 2 N–H and O–H groups in total. The van der Waals surface area contributed by atoms with Gasteiger partial charge in [-0.1, -0.05) is 24.3 Å². The summed E-state index contributed by atoms with van der Waals surface area (Å²) in [5.41, 5.74) is 7.55. The normalized spacial score (nSPS) is 10.0. The molecule has 0 fully saturated rings. The van der Waals surface area contributed by atoms with E-state index in [0.717, 1.165) is 11.1 Å². The highest BCUT2D eigenvalue weighted by Gasteiger charge is 2.00. The van der Waals surface area contributed by atoms with Crippen LogP contribution < -0.4 is 5.73 Å². The molecule has 82 valence electrons. The fourth-order valence-corrected chi connectivity index (χ4v) is 1.08. The Morgan fingerprint density at radius 1 is 1.27 bits per heavy atom. The van der Waals surface area contributed by atoms with Gasteiger partial charge in [-0.05, 0) is 11.1 Å². The molecule has 0 spiro atoms. The van der Waals surface area contributed by atoms with E-state index >= 15 is 0 Å². The number of hydrogen-bond donors (Lipinski definition) is 1. The van der Waals surface area contributed by atoms with Gasteiger partial charge in [-0.15, -0.1) is 0 Å². The van der Waals surface area contributed by atoms with E-state index in [-0.39, 0.29) is 12.6 Å². The number of carbonyl (C=O) groups is 1. The Balaban J connectivity index is 2.34. The lowest BCUT2D eigenvalue weighted by molar-refractivity contribution is -0.146. The van der Waals surface area contributed by atoms with Crippen LogP contribution in [0.1, 0.15) is 11.1 Å². The second-order valence-electron chi connectivity index (χ2n) is 3.09. The van der Waals surface area contributed by atoms with Crippen molar-refractivity contribution in [3.63, 3.8) is 0 Å². The maximum atomic E-state index is 10.7. The topological polar surface area (TPSA) is 61.5 Å². The van der Waals surface area contributed by atoms with Crippen LogP contribution in [0.3, 0.4) is 0 Å². The summed E-state index contributed by atoms with van der Waals surface area (Å²) >= 11 is 0. The molecule has 0 saturated heterocycles. The number of nitrogens with two attached hydrogens (primary N) is 1. The number of ether oxygens (including phenoxy) is 2. The first-order valence-electron chi connectivity index (χ1n) is 4.68. The monoisotopic (exact) mass is 209 g/mol. The Morgan fingerprint density at radius 3 is 2.40 bits per heavy atom. The van der Waals surface area contributed by atoms with Crippen LogP contribution >= 0.6 is 0 Å². The molecule has 0 amide bonds. The Labute approximate surface area is 89.0 Å². The predicted molar refractivity (Wildman–Crippen MR) is 56.0 cm³/mol. The highest BCUT2D eigenvalue weighted by molar-refractivity contribution is 5.70. The zero-order valence-corrected chi connectivity index (χ0v) is 8.73. The van der Waals surface area contributed by atoms with Crippen molar-refractivity contribution in [2.45, 2.75) is 13.2 Å². The minimum absolute atomic E-state index is 0.0187. The molecule has 0 aliphatic carbocycles. The van der Waals surface area contributed by atoms with Gasteiger partial charge < -0.3 is 15.2 Å². The van der Waals surface area contributed by atoms with Gasteiger partial charge in [0.25, 0.3) is 0 Å². The minimum Gasteiger partial charge on any atom is -0.467 e. The van der Waals surface area contributed by atoms with E-state index in [2.05, 4.69) is 4.74 Å². The number of hydrogen-bond acceptors (Lipinski definition) is 4. The maximum absolute atomic E-state index is 10.7. The van der Waals surface area contributed by atoms with Gasteiger partial charge in [0.1, 0.15) is 6.61 Å². The highest BCUT2D eigenvalue weighted by atomic mass is 16.6. The molecule has 0 aliphatic rings. The summed E-state index contributed by atoms with van der Waals surface area (Å²) in [5.74, 6) is -0.367. The summed E-state index contributed by atoms with van der Waals surface area (Å²) in [7, 11) is 1.34. The second kappa shape index (κ2) is 6.16. The third-order valence-corrected chi connectivity index (χ3v) is 1.97. The quantitative estimate of drug-likeness (QED) is 0.730. The van der Waals surface area contributed by atoms with Crippen molar-refractivity contribution >= 4 is 5.97 Å². The molecule has 0 radical (unpaired) electrons. The van der Waals surface area contributed by atoms with Crippen molar-refractivity contribution in [1.29, 1.82) is 0 Å². The Bertz CT molecular complexity index is 308. The van der Waals surface area contributed by atoms with Crippen molar-refractivity contribution in [3.8, 4) is 0 Å². The van der Waals surface area contributed by atoms with E-state index in [1.54, 1.807) is 0 Å². The van der Waals surface area contributed by atoms with Crippen LogP contribution in [0.5, 0.6) is 0 Å². The van der Waals surface area contributed by atoms with Crippen molar-refractivity contribution in [3.05, 3.63) is 35.4 Å². The van der Waals surface area contributed by atoms with E-state index in [9.17, 15) is 4.79 Å². The number of esters is 1. The van der Waals surface area contributed by atoms with Crippen LogP contribution in [0.2, 0.25) is 0 Å². The van der Waals surface area contributed by atoms with Gasteiger partial charge >= 0.3 is 5.97 Å². The zero-order valence-electron chi connectivity index (χ0n) is 8.73. The Morgan fingerprint density at radius 2 is 1.87 bits per heavy atom. The van der Waals surface area contributed by atoms with Crippen molar-refractivity contribution in [1.82, 2.24) is 0 Å². The molecule has 0 aliphatic heterocycles. The highest BCUT2D eigenvalue weighted by Crippen LogP contribution is 2.04. The summed E-state index contributed by atoms with van der Waals surface area (Å²) < 4.78 is 9.58. The third kappa shape index (κ3) is 4.10. The molecule has 0 bridgehead atoms. The van der Waals surface area contributed by atoms with Gasteiger partial charge in [-0.3, -0.25) is 0 Å². The first kappa shape index (κ1) is 11.7. The van der Waals surface area contributed by atoms with Gasteiger partial charge in [0.05, 0.1) is 13.7 Å². The summed E-state index contributed by atoms with van der Waals surface area (Å²) in [5, 5.41) is 0. The molecule has 1 rings (SSSR count). The first-order chi connectivity index (χ1) is 7.26. The maximum Gasteiger partial charge on any atom is 0.331 e. The zero-order chi connectivity index (χ0) is 11.1. The smallest absolute Gasteiger partial charge is 0.331 e. The number of carbonyl (C=O) groups excluding carboxylic acids is 1.